The SMILES string of the molecule is CC1=C(C#N)C=C=CC=C1. The molecule has 0 heterocycles. The van der Waals surface area contributed by atoms with Gasteiger partial charge in [0.25, 0.3) is 0 Å². The van der Waals surface area contributed by atoms with Crippen molar-refractivity contribution in [1.29, 1.82) is 5.26 Å². The molecule has 0 atom stereocenters. The van der Waals surface area contributed by atoms with E-state index >= 15 is 0 Å². The molecule has 0 amide bonds. The van der Waals surface area contributed by atoms with Crippen molar-refractivity contribution >= 4 is 0 Å². The first-order valence-electron chi connectivity index (χ1n) is 3.04. The molecule has 0 aromatic carbocycles. The number of nitrogens with zero attached hydrogens (tertiary/aromatic N) is 1. The summed E-state index contributed by atoms with van der Waals surface area (Å²) < 4.78 is 0. The van der Waals surface area contributed by atoms with Crippen LogP contribution in [0, 0.1) is 11.3 Å². The van der Waals surface area contributed by atoms with Gasteiger partial charge in [-0.3, -0.25) is 0 Å². The summed E-state index contributed by atoms with van der Waals surface area (Å²) in [4.78, 5) is 0. The van der Waals surface area contributed by atoms with Crippen molar-refractivity contribution in [2.75, 3.05) is 0 Å². The van der Waals surface area contributed by atoms with Gasteiger partial charge in [0.05, 0.1) is 5.57 Å². The predicted octanol–water partition coefficient (Wildman–Crippen LogP) is 2.11. The third kappa shape index (κ3) is 1.25. The fraction of sp³-hybridized carbons (Fsp3) is 0.111. The molecular formula is C9H7N. The molecule has 0 fully saturated rings. The van der Waals surface area contributed by atoms with Crippen molar-refractivity contribution in [3.05, 3.63) is 41.2 Å². The van der Waals surface area contributed by atoms with E-state index in [9.17, 15) is 0 Å². The minimum atomic E-state index is 0.685. The Morgan fingerprint density at radius 3 is 3.10 bits per heavy atom. The second-order valence-corrected chi connectivity index (χ2v) is 2.05. The Bertz CT molecular complexity index is 291. The van der Waals surface area contributed by atoms with Crippen LogP contribution in [0.15, 0.2) is 41.2 Å². The van der Waals surface area contributed by atoms with Gasteiger partial charge in [-0.05, 0) is 24.6 Å². The first kappa shape index (κ1) is 6.61. The Balaban J connectivity index is 3.16. The highest BCUT2D eigenvalue weighted by Crippen LogP contribution is 2.07. The van der Waals surface area contributed by atoms with Crippen LogP contribution in [0.1, 0.15) is 6.92 Å². The maximum atomic E-state index is 8.56. The van der Waals surface area contributed by atoms with Gasteiger partial charge in [0.15, 0.2) is 0 Å². The third-order valence-corrected chi connectivity index (χ3v) is 1.31. The fourth-order valence-corrected chi connectivity index (χ4v) is 0.704. The van der Waals surface area contributed by atoms with Crippen LogP contribution in [0.2, 0.25) is 0 Å². The van der Waals surface area contributed by atoms with Crippen molar-refractivity contribution in [3.8, 4) is 6.07 Å². The van der Waals surface area contributed by atoms with E-state index in [4.69, 9.17) is 5.26 Å². The highest BCUT2D eigenvalue weighted by Gasteiger charge is 1.93. The lowest BCUT2D eigenvalue weighted by Crippen LogP contribution is -1.75. The van der Waals surface area contributed by atoms with E-state index in [1.807, 2.05) is 19.1 Å². The first-order chi connectivity index (χ1) is 4.84. The molecule has 0 saturated heterocycles. The van der Waals surface area contributed by atoms with E-state index in [2.05, 4.69) is 11.8 Å². The zero-order valence-electron chi connectivity index (χ0n) is 5.76. The highest BCUT2D eigenvalue weighted by molar-refractivity contribution is 5.43. The van der Waals surface area contributed by atoms with Gasteiger partial charge in [0.1, 0.15) is 6.07 Å². The van der Waals surface area contributed by atoms with Crippen LogP contribution in [0.25, 0.3) is 0 Å². The van der Waals surface area contributed by atoms with Gasteiger partial charge in [-0.25, -0.2) is 0 Å². The minimum absolute atomic E-state index is 0.685. The highest BCUT2D eigenvalue weighted by atomic mass is 14.2. The molecule has 1 heteroatoms. The van der Waals surface area contributed by atoms with Crippen molar-refractivity contribution < 1.29 is 0 Å². The van der Waals surface area contributed by atoms with Crippen LogP contribution in [0.3, 0.4) is 0 Å². The van der Waals surface area contributed by atoms with E-state index in [0.29, 0.717) is 5.57 Å². The summed E-state index contributed by atoms with van der Waals surface area (Å²) in [6, 6.07) is 2.08. The Hall–Kier alpha value is -1.51. The lowest BCUT2D eigenvalue weighted by atomic mass is 10.1. The molecule has 1 aliphatic rings. The molecule has 0 bridgehead atoms. The summed E-state index contributed by atoms with van der Waals surface area (Å²) >= 11 is 0. The van der Waals surface area contributed by atoms with E-state index in [-0.39, 0.29) is 0 Å². The number of hydrogen-bond donors (Lipinski definition) is 0. The minimum Gasteiger partial charge on any atom is -0.192 e. The van der Waals surface area contributed by atoms with E-state index in [1.165, 1.54) is 0 Å². The summed E-state index contributed by atoms with van der Waals surface area (Å²) in [7, 11) is 0. The smallest absolute Gasteiger partial charge is 0.100 e. The normalized spacial score (nSPS) is 15.2. The molecule has 1 aliphatic carbocycles. The number of rotatable bonds is 0. The zero-order chi connectivity index (χ0) is 7.40. The Morgan fingerprint density at radius 2 is 2.40 bits per heavy atom. The van der Waals surface area contributed by atoms with Gasteiger partial charge >= 0.3 is 0 Å². The standard InChI is InChI=1S/C9H7N/c1-8-5-3-2-4-6-9(8)7-10/h2-3,5-6H,1H3. The molecule has 48 valence electrons. The van der Waals surface area contributed by atoms with Gasteiger partial charge in [-0.15, -0.1) is 5.73 Å². The van der Waals surface area contributed by atoms with Crippen molar-refractivity contribution in [2.24, 2.45) is 0 Å². The largest absolute Gasteiger partial charge is 0.192 e. The van der Waals surface area contributed by atoms with Crippen molar-refractivity contribution in [3.63, 3.8) is 0 Å². The maximum absolute atomic E-state index is 8.56. The van der Waals surface area contributed by atoms with Crippen LogP contribution < -0.4 is 0 Å². The first-order valence-corrected chi connectivity index (χ1v) is 3.04. The molecule has 0 N–H and O–H groups in total. The van der Waals surface area contributed by atoms with Gasteiger partial charge in [0.2, 0.25) is 0 Å². The molecule has 0 aliphatic heterocycles. The average molecular weight is 129 g/mol. The van der Waals surface area contributed by atoms with Crippen LogP contribution in [-0.4, -0.2) is 0 Å². The number of nitriles is 1. The number of allylic oxidation sites excluding steroid dienone is 5. The second-order valence-electron chi connectivity index (χ2n) is 2.05. The Labute approximate surface area is 60.3 Å². The summed E-state index contributed by atoms with van der Waals surface area (Å²) in [5.41, 5.74) is 4.54. The molecule has 0 radical (unpaired) electrons. The Kier molecular flexibility index (Phi) is 1.89. The predicted molar refractivity (Wildman–Crippen MR) is 40.1 cm³/mol. The molecular weight excluding hydrogens is 122 g/mol. The van der Waals surface area contributed by atoms with E-state index in [1.54, 1.807) is 12.2 Å². The molecule has 0 aromatic rings. The van der Waals surface area contributed by atoms with E-state index < -0.39 is 0 Å². The Morgan fingerprint density at radius 1 is 1.60 bits per heavy atom. The summed E-state index contributed by atoms with van der Waals surface area (Å²) in [6.07, 6.45) is 7.24. The summed E-state index contributed by atoms with van der Waals surface area (Å²) in [5.74, 6) is 0. The van der Waals surface area contributed by atoms with Crippen molar-refractivity contribution in [2.45, 2.75) is 6.92 Å². The van der Waals surface area contributed by atoms with Gasteiger partial charge in [-0.2, -0.15) is 5.26 Å². The maximum Gasteiger partial charge on any atom is 0.100 e. The second kappa shape index (κ2) is 2.87. The van der Waals surface area contributed by atoms with Gasteiger partial charge in [0, 0.05) is 0 Å². The summed E-state index contributed by atoms with van der Waals surface area (Å²) in [6.45, 7) is 1.91. The summed E-state index contributed by atoms with van der Waals surface area (Å²) in [5, 5.41) is 8.56. The van der Waals surface area contributed by atoms with Crippen molar-refractivity contribution in [1.82, 2.24) is 0 Å². The van der Waals surface area contributed by atoms with Crippen LogP contribution in [0.4, 0.5) is 0 Å². The van der Waals surface area contributed by atoms with Crippen LogP contribution >= 0.6 is 0 Å². The topological polar surface area (TPSA) is 23.8 Å². The zero-order valence-corrected chi connectivity index (χ0v) is 5.76. The molecule has 10 heavy (non-hydrogen) atoms. The van der Waals surface area contributed by atoms with Gasteiger partial charge in [-0.1, -0.05) is 12.2 Å². The lowest BCUT2D eigenvalue weighted by Gasteiger charge is -1.88. The molecule has 0 saturated carbocycles. The molecule has 1 nitrogen and oxygen atoms in total. The lowest BCUT2D eigenvalue weighted by molar-refractivity contribution is 1.43. The quantitative estimate of drug-likeness (QED) is 0.459. The molecule has 1 rings (SSSR count). The van der Waals surface area contributed by atoms with E-state index in [0.717, 1.165) is 5.57 Å². The third-order valence-electron chi connectivity index (χ3n) is 1.31. The average Bonchev–Trinajstić information content (AvgIpc) is 2.13. The van der Waals surface area contributed by atoms with Crippen LogP contribution in [-0.2, 0) is 0 Å². The monoisotopic (exact) mass is 129 g/mol. The molecule has 0 aromatic heterocycles. The number of hydrogen-bond acceptors (Lipinski definition) is 1. The fourth-order valence-electron chi connectivity index (χ4n) is 0.704. The molecule has 0 unspecified atom stereocenters. The molecule has 0 spiro atoms. The van der Waals surface area contributed by atoms with Gasteiger partial charge < -0.3 is 0 Å². The van der Waals surface area contributed by atoms with Crippen LogP contribution in [0.5, 0.6) is 0 Å².